The smallest absolute Gasteiger partial charge is 0.347 e. The molecule has 1 aliphatic rings. The Morgan fingerprint density at radius 3 is 2.72 bits per heavy atom. The molecule has 5 nitrogen and oxygen atoms in total. The Labute approximate surface area is 146 Å². The predicted octanol–water partition coefficient (Wildman–Crippen LogP) is 3.66. The molecular weight excluding hydrogens is 342 g/mol. The first-order valence-corrected chi connectivity index (χ1v) is 7.81. The van der Waals surface area contributed by atoms with Gasteiger partial charge >= 0.3 is 5.63 Å². The number of benzene rings is 2. The molecule has 1 amide bonds. The Bertz CT molecular complexity index is 1140. The highest BCUT2D eigenvalue weighted by Gasteiger charge is 2.26. The normalized spacial score (nSPS) is 14.6. The van der Waals surface area contributed by atoms with E-state index in [2.05, 4.69) is 5.32 Å². The number of hydrogen-bond donors (Lipinski definition) is 1. The van der Waals surface area contributed by atoms with Gasteiger partial charge in [-0.3, -0.25) is 9.59 Å². The molecule has 122 valence electrons. The van der Waals surface area contributed by atoms with E-state index in [1.54, 1.807) is 42.5 Å². The predicted molar refractivity (Wildman–Crippen MR) is 94.9 cm³/mol. The Kier molecular flexibility index (Phi) is 3.51. The topological polar surface area (TPSA) is 76.4 Å². The van der Waals surface area contributed by atoms with Crippen LogP contribution >= 0.6 is 11.6 Å². The van der Waals surface area contributed by atoms with Crippen molar-refractivity contribution < 1.29 is 14.0 Å². The second-order valence-electron chi connectivity index (χ2n) is 5.55. The molecule has 1 aromatic heterocycles. The van der Waals surface area contributed by atoms with Gasteiger partial charge in [0.15, 0.2) is 5.78 Å². The first-order chi connectivity index (χ1) is 12.0. The van der Waals surface area contributed by atoms with Gasteiger partial charge in [0.05, 0.1) is 5.57 Å². The summed E-state index contributed by atoms with van der Waals surface area (Å²) < 4.78 is 5.17. The van der Waals surface area contributed by atoms with Crippen molar-refractivity contribution in [2.45, 2.75) is 0 Å². The van der Waals surface area contributed by atoms with Crippen molar-refractivity contribution in [2.75, 3.05) is 5.32 Å². The third kappa shape index (κ3) is 2.64. The molecule has 1 N–H and O–H groups in total. The van der Waals surface area contributed by atoms with Crippen LogP contribution in [0.4, 0.5) is 5.69 Å². The average molecular weight is 352 g/mol. The summed E-state index contributed by atoms with van der Waals surface area (Å²) in [6.45, 7) is 0. The van der Waals surface area contributed by atoms with Gasteiger partial charge in [0.2, 0.25) is 0 Å². The summed E-state index contributed by atoms with van der Waals surface area (Å²) >= 11 is 5.96. The minimum Gasteiger partial charge on any atom is -0.422 e. The number of anilines is 1. The van der Waals surface area contributed by atoms with E-state index in [0.29, 0.717) is 27.2 Å². The Morgan fingerprint density at radius 2 is 1.88 bits per heavy atom. The lowest BCUT2D eigenvalue weighted by atomic mass is 10.0. The molecule has 0 atom stereocenters. The maximum atomic E-state index is 12.6. The number of para-hydroxylation sites is 1. The van der Waals surface area contributed by atoms with Crippen LogP contribution in [0.3, 0.4) is 0 Å². The standard InChI is InChI=1S/C19H10ClNO4/c20-11-5-6-15-12(8-11)13(18(23)21-15)9-16(22)14-7-10-3-1-2-4-17(10)25-19(14)24/h1-9H,(H,21,23)/b13-9-. The van der Waals surface area contributed by atoms with E-state index >= 15 is 0 Å². The third-order valence-electron chi connectivity index (χ3n) is 3.95. The van der Waals surface area contributed by atoms with Crippen LogP contribution in [0.25, 0.3) is 16.5 Å². The van der Waals surface area contributed by atoms with Crippen LogP contribution in [0, 0.1) is 0 Å². The number of halogens is 1. The maximum absolute atomic E-state index is 12.6. The zero-order chi connectivity index (χ0) is 17.6. The summed E-state index contributed by atoms with van der Waals surface area (Å²) in [6, 6.07) is 13.2. The molecule has 0 spiro atoms. The lowest BCUT2D eigenvalue weighted by Gasteiger charge is -2.01. The zero-order valence-electron chi connectivity index (χ0n) is 12.7. The summed E-state index contributed by atoms with van der Waals surface area (Å²) in [5.41, 5.74) is 0.775. The Morgan fingerprint density at radius 1 is 1.08 bits per heavy atom. The van der Waals surface area contributed by atoms with E-state index in [9.17, 15) is 14.4 Å². The van der Waals surface area contributed by atoms with Crippen LogP contribution < -0.4 is 10.9 Å². The molecule has 0 saturated carbocycles. The number of ketones is 1. The second kappa shape index (κ2) is 5.72. The number of amides is 1. The van der Waals surface area contributed by atoms with Crippen molar-refractivity contribution >= 4 is 45.5 Å². The fraction of sp³-hybridized carbons (Fsp3) is 0. The molecule has 6 heteroatoms. The fourth-order valence-corrected chi connectivity index (χ4v) is 2.92. The minimum atomic E-state index is -0.745. The van der Waals surface area contributed by atoms with Gasteiger partial charge in [-0.25, -0.2) is 4.79 Å². The van der Waals surface area contributed by atoms with Crippen molar-refractivity contribution in [3.05, 3.63) is 81.2 Å². The van der Waals surface area contributed by atoms with Gasteiger partial charge in [-0.15, -0.1) is 0 Å². The molecule has 2 aromatic carbocycles. The minimum absolute atomic E-state index is 0.130. The molecule has 0 bridgehead atoms. The number of nitrogens with one attached hydrogen (secondary N) is 1. The first-order valence-electron chi connectivity index (χ1n) is 7.43. The van der Waals surface area contributed by atoms with Crippen molar-refractivity contribution in [1.82, 2.24) is 0 Å². The molecule has 1 aliphatic heterocycles. The highest BCUT2D eigenvalue weighted by atomic mass is 35.5. The first kappa shape index (κ1) is 15.4. The lowest BCUT2D eigenvalue weighted by Crippen LogP contribution is -2.13. The van der Waals surface area contributed by atoms with E-state index in [1.165, 1.54) is 6.07 Å². The summed E-state index contributed by atoms with van der Waals surface area (Å²) in [7, 11) is 0. The number of carbonyl (C=O) groups excluding carboxylic acids is 2. The second-order valence-corrected chi connectivity index (χ2v) is 5.99. The van der Waals surface area contributed by atoms with Crippen LogP contribution in [-0.4, -0.2) is 11.7 Å². The number of hydrogen-bond acceptors (Lipinski definition) is 4. The Hall–Kier alpha value is -3.18. The molecule has 25 heavy (non-hydrogen) atoms. The molecule has 0 unspecified atom stereocenters. The van der Waals surface area contributed by atoms with Crippen molar-refractivity contribution in [1.29, 1.82) is 0 Å². The highest BCUT2D eigenvalue weighted by molar-refractivity contribution is 6.36. The zero-order valence-corrected chi connectivity index (χ0v) is 13.5. The molecule has 0 aliphatic carbocycles. The molecule has 0 fully saturated rings. The van der Waals surface area contributed by atoms with E-state index in [1.807, 2.05) is 0 Å². The fourth-order valence-electron chi connectivity index (χ4n) is 2.75. The molecule has 4 rings (SSSR count). The lowest BCUT2D eigenvalue weighted by molar-refractivity contribution is -0.110. The van der Waals surface area contributed by atoms with Gasteiger partial charge < -0.3 is 9.73 Å². The van der Waals surface area contributed by atoms with Crippen molar-refractivity contribution in [2.24, 2.45) is 0 Å². The number of carbonyl (C=O) groups is 2. The molecule has 3 aromatic rings. The largest absolute Gasteiger partial charge is 0.422 e. The molecular formula is C19H10ClNO4. The number of rotatable bonds is 2. The molecule has 0 saturated heterocycles. The van der Waals surface area contributed by atoms with Gasteiger partial charge in [0, 0.05) is 21.7 Å². The summed E-state index contributed by atoms with van der Waals surface area (Å²) in [6.07, 6.45) is 1.14. The number of allylic oxidation sites excluding steroid dienone is 1. The Balaban J connectivity index is 1.82. The van der Waals surface area contributed by atoms with Gasteiger partial charge in [-0.1, -0.05) is 29.8 Å². The van der Waals surface area contributed by atoms with Crippen LogP contribution in [0.15, 0.2) is 63.8 Å². The van der Waals surface area contributed by atoms with Gasteiger partial charge in [0.1, 0.15) is 11.1 Å². The van der Waals surface area contributed by atoms with E-state index in [-0.39, 0.29) is 11.1 Å². The summed E-state index contributed by atoms with van der Waals surface area (Å²) in [5.74, 6) is -1.02. The van der Waals surface area contributed by atoms with Crippen LogP contribution in [-0.2, 0) is 4.79 Å². The summed E-state index contributed by atoms with van der Waals surface area (Å²) in [4.78, 5) is 36.8. The summed E-state index contributed by atoms with van der Waals surface area (Å²) in [5, 5.41) is 3.73. The molecule has 0 radical (unpaired) electrons. The van der Waals surface area contributed by atoms with Gasteiger partial charge in [-0.2, -0.15) is 0 Å². The number of fused-ring (bicyclic) bond motifs is 2. The average Bonchev–Trinajstić information content (AvgIpc) is 2.89. The quantitative estimate of drug-likeness (QED) is 0.434. The van der Waals surface area contributed by atoms with E-state index < -0.39 is 17.3 Å². The van der Waals surface area contributed by atoms with Gasteiger partial charge in [-0.05, 0) is 36.4 Å². The highest BCUT2D eigenvalue weighted by Crippen LogP contribution is 2.33. The van der Waals surface area contributed by atoms with E-state index in [0.717, 1.165) is 6.08 Å². The van der Waals surface area contributed by atoms with Crippen LogP contribution in [0.1, 0.15) is 15.9 Å². The van der Waals surface area contributed by atoms with E-state index in [4.69, 9.17) is 16.0 Å². The van der Waals surface area contributed by atoms with Gasteiger partial charge in [0.25, 0.3) is 5.91 Å². The van der Waals surface area contributed by atoms with Crippen LogP contribution in [0.2, 0.25) is 5.02 Å². The third-order valence-corrected chi connectivity index (χ3v) is 4.18. The molecule has 2 heterocycles. The SMILES string of the molecule is O=C1Nc2ccc(Cl)cc2/C1=C/C(=O)c1cc2ccccc2oc1=O. The monoisotopic (exact) mass is 351 g/mol. The van der Waals surface area contributed by atoms with Crippen molar-refractivity contribution in [3.63, 3.8) is 0 Å². The maximum Gasteiger partial charge on any atom is 0.347 e. The van der Waals surface area contributed by atoms with Crippen molar-refractivity contribution in [3.8, 4) is 0 Å². The van der Waals surface area contributed by atoms with Crippen LogP contribution in [0.5, 0.6) is 0 Å².